The highest BCUT2D eigenvalue weighted by atomic mass is 19.4. The van der Waals surface area contributed by atoms with Gasteiger partial charge in [0.2, 0.25) is 0 Å². The molecule has 0 saturated carbocycles. The molecule has 1 N–H and O–H groups in total. The molecule has 0 unspecified atom stereocenters. The van der Waals surface area contributed by atoms with Crippen molar-refractivity contribution in [2.75, 3.05) is 13.1 Å². The van der Waals surface area contributed by atoms with Crippen molar-refractivity contribution >= 4 is 0 Å². The molecule has 0 bridgehead atoms. The third-order valence-corrected chi connectivity index (χ3v) is 3.81. The molecule has 0 spiro atoms. The summed E-state index contributed by atoms with van der Waals surface area (Å²) in [6, 6.07) is 0. The van der Waals surface area contributed by atoms with E-state index >= 15 is 0 Å². The average Bonchev–Trinajstić information content (AvgIpc) is 2.99. The molecule has 118 valence electrons. The number of hydrogen-bond donors (Lipinski definition) is 1. The van der Waals surface area contributed by atoms with Crippen LogP contribution in [0.1, 0.15) is 35.8 Å². The molecule has 1 aliphatic rings. The molecule has 2 aromatic heterocycles. The van der Waals surface area contributed by atoms with E-state index in [-0.39, 0.29) is 5.92 Å². The summed E-state index contributed by atoms with van der Waals surface area (Å²) in [5.41, 5.74) is 0.217. The molecule has 1 atom stereocenters. The zero-order chi connectivity index (χ0) is 15.6. The van der Waals surface area contributed by atoms with Gasteiger partial charge in [0.15, 0.2) is 0 Å². The molecule has 0 radical (unpaired) electrons. The Hall–Kier alpha value is -1.96. The Morgan fingerprint density at radius 2 is 2.00 bits per heavy atom. The molecular formula is C14H16F3N5. The van der Waals surface area contributed by atoms with Gasteiger partial charge in [0.1, 0.15) is 17.8 Å². The van der Waals surface area contributed by atoms with E-state index in [9.17, 15) is 13.2 Å². The molecule has 3 rings (SSSR count). The van der Waals surface area contributed by atoms with Gasteiger partial charge in [-0.1, -0.05) is 0 Å². The number of imidazole rings is 1. The Morgan fingerprint density at radius 1 is 1.23 bits per heavy atom. The number of H-pyrrole nitrogens is 1. The molecule has 22 heavy (non-hydrogen) atoms. The van der Waals surface area contributed by atoms with Gasteiger partial charge in [-0.2, -0.15) is 13.2 Å². The molecule has 1 fully saturated rings. The molecule has 0 amide bonds. The van der Waals surface area contributed by atoms with Crippen LogP contribution >= 0.6 is 0 Å². The fourth-order valence-electron chi connectivity index (χ4n) is 2.78. The quantitative estimate of drug-likeness (QED) is 0.946. The van der Waals surface area contributed by atoms with Crippen LogP contribution in [0.3, 0.4) is 0 Å². The number of nitrogens with zero attached hydrogens (tertiary/aromatic N) is 4. The van der Waals surface area contributed by atoms with Crippen LogP contribution < -0.4 is 0 Å². The number of likely N-dealkylation sites (tertiary alicyclic amines) is 1. The number of piperidine rings is 1. The van der Waals surface area contributed by atoms with Gasteiger partial charge in [-0.25, -0.2) is 15.0 Å². The lowest BCUT2D eigenvalue weighted by Gasteiger charge is -2.31. The van der Waals surface area contributed by atoms with E-state index in [0.29, 0.717) is 18.9 Å². The highest BCUT2D eigenvalue weighted by Crippen LogP contribution is 2.31. The van der Waals surface area contributed by atoms with Gasteiger partial charge >= 0.3 is 6.18 Å². The molecule has 8 heteroatoms. The standard InChI is InChI=1S/C14H16F3N5/c15-14(16,17)12-6-20-13(21-12)11-2-1-3-22(8-11)7-10-4-18-9-19-5-10/h4-6,9,11H,1-3,7-8H2,(H,20,21)/t11-/m0/s1. The lowest BCUT2D eigenvalue weighted by atomic mass is 9.97. The zero-order valence-corrected chi connectivity index (χ0v) is 11.8. The maximum atomic E-state index is 12.6. The van der Waals surface area contributed by atoms with Gasteiger partial charge in [0.05, 0.1) is 6.20 Å². The van der Waals surface area contributed by atoms with Gasteiger partial charge in [-0.05, 0) is 19.4 Å². The van der Waals surface area contributed by atoms with Crippen molar-refractivity contribution in [3.8, 4) is 0 Å². The molecule has 0 aromatic carbocycles. The van der Waals surface area contributed by atoms with E-state index in [1.807, 2.05) is 0 Å². The van der Waals surface area contributed by atoms with Crippen molar-refractivity contribution in [3.05, 3.63) is 42.0 Å². The maximum absolute atomic E-state index is 12.6. The Morgan fingerprint density at radius 3 is 2.68 bits per heavy atom. The zero-order valence-electron chi connectivity index (χ0n) is 11.8. The molecule has 1 saturated heterocycles. The van der Waals surface area contributed by atoms with Crippen molar-refractivity contribution in [1.82, 2.24) is 24.8 Å². The second-order valence-corrected chi connectivity index (χ2v) is 5.50. The van der Waals surface area contributed by atoms with Crippen molar-refractivity contribution in [2.45, 2.75) is 31.5 Å². The summed E-state index contributed by atoms with van der Waals surface area (Å²) in [6.07, 6.45) is 3.26. The number of hydrogen-bond acceptors (Lipinski definition) is 4. The van der Waals surface area contributed by atoms with Crippen LogP contribution in [-0.2, 0) is 12.7 Å². The number of aromatic nitrogens is 4. The third kappa shape index (κ3) is 3.44. The minimum absolute atomic E-state index is 0.00511. The number of alkyl halides is 3. The first-order chi connectivity index (χ1) is 10.5. The topological polar surface area (TPSA) is 57.7 Å². The molecule has 0 aliphatic carbocycles. The van der Waals surface area contributed by atoms with E-state index in [0.717, 1.165) is 31.1 Å². The smallest absolute Gasteiger partial charge is 0.338 e. The van der Waals surface area contributed by atoms with Crippen LogP contribution in [0.15, 0.2) is 24.9 Å². The average molecular weight is 311 g/mol. The highest BCUT2D eigenvalue weighted by molar-refractivity contribution is 5.10. The van der Waals surface area contributed by atoms with Crippen LogP contribution in [-0.4, -0.2) is 37.9 Å². The Kier molecular flexibility index (Phi) is 4.10. The lowest BCUT2D eigenvalue weighted by Crippen LogP contribution is -2.34. The van der Waals surface area contributed by atoms with Gasteiger partial charge in [-0.3, -0.25) is 4.90 Å². The van der Waals surface area contributed by atoms with Crippen molar-refractivity contribution in [3.63, 3.8) is 0 Å². The lowest BCUT2D eigenvalue weighted by molar-refractivity contribution is -0.141. The van der Waals surface area contributed by atoms with Crippen molar-refractivity contribution in [1.29, 1.82) is 0 Å². The number of aromatic amines is 1. The number of halogens is 3. The molecule has 5 nitrogen and oxygen atoms in total. The SMILES string of the molecule is FC(F)(F)c1cnc([C@H]2CCCN(Cc3cncnc3)C2)[nH]1. The summed E-state index contributed by atoms with van der Waals surface area (Å²) in [6.45, 7) is 2.29. The molecule has 1 aliphatic heterocycles. The minimum Gasteiger partial charge on any atom is -0.338 e. The predicted octanol–water partition coefficient (Wildman–Crippen LogP) is 2.60. The third-order valence-electron chi connectivity index (χ3n) is 3.81. The number of nitrogens with one attached hydrogen (secondary N) is 1. The van der Waals surface area contributed by atoms with Crippen LogP contribution in [0.25, 0.3) is 0 Å². The number of rotatable bonds is 3. The Bertz CT molecular complexity index is 610. The summed E-state index contributed by atoms with van der Waals surface area (Å²) in [7, 11) is 0. The summed E-state index contributed by atoms with van der Waals surface area (Å²) >= 11 is 0. The fourth-order valence-corrected chi connectivity index (χ4v) is 2.78. The summed E-state index contributed by atoms with van der Waals surface area (Å²) < 4.78 is 37.9. The van der Waals surface area contributed by atoms with E-state index < -0.39 is 11.9 Å². The first-order valence-electron chi connectivity index (χ1n) is 7.10. The Labute approximate surface area is 125 Å². The fraction of sp³-hybridized carbons (Fsp3) is 0.500. The summed E-state index contributed by atoms with van der Waals surface area (Å²) in [5, 5.41) is 0. The van der Waals surface area contributed by atoms with Crippen LogP contribution in [0.5, 0.6) is 0 Å². The van der Waals surface area contributed by atoms with Crippen LogP contribution in [0.2, 0.25) is 0 Å². The minimum atomic E-state index is -4.37. The summed E-state index contributed by atoms with van der Waals surface area (Å²) in [4.78, 5) is 16.5. The normalized spacial score (nSPS) is 20.2. The maximum Gasteiger partial charge on any atom is 0.432 e. The summed E-state index contributed by atoms with van der Waals surface area (Å²) in [5.74, 6) is 0.413. The second-order valence-electron chi connectivity index (χ2n) is 5.50. The molecule has 2 aromatic rings. The van der Waals surface area contributed by atoms with E-state index in [1.165, 1.54) is 6.33 Å². The monoisotopic (exact) mass is 311 g/mol. The van der Waals surface area contributed by atoms with E-state index in [1.54, 1.807) is 12.4 Å². The van der Waals surface area contributed by atoms with E-state index in [2.05, 4.69) is 24.8 Å². The first-order valence-corrected chi connectivity index (χ1v) is 7.10. The largest absolute Gasteiger partial charge is 0.432 e. The van der Waals surface area contributed by atoms with Gasteiger partial charge in [-0.15, -0.1) is 0 Å². The van der Waals surface area contributed by atoms with Crippen LogP contribution in [0, 0.1) is 0 Å². The van der Waals surface area contributed by atoms with Gasteiger partial charge in [0.25, 0.3) is 0 Å². The highest BCUT2D eigenvalue weighted by Gasteiger charge is 2.34. The van der Waals surface area contributed by atoms with E-state index in [4.69, 9.17) is 0 Å². The molecular weight excluding hydrogens is 295 g/mol. The van der Waals surface area contributed by atoms with Gasteiger partial charge in [0, 0.05) is 37.0 Å². The predicted molar refractivity (Wildman–Crippen MR) is 72.9 cm³/mol. The van der Waals surface area contributed by atoms with Crippen molar-refractivity contribution in [2.24, 2.45) is 0 Å². The van der Waals surface area contributed by atoms with Gasteiger partial charge < -0.3 is 4.98 Å². The Balaban J connectivity index is 1.67. The second kappa shape index (κ2) is 6.04. The first kappa shape index (κ1) is 15.0. The van der Waals surface area contributed by atoms with Crippen molar-refractivity contribution < 1.29 is 13.2 Å². The van der Waals surface area contributed by atoms with Crippen LogP contribution in [0.4, 0.5) is 13.2 Å². The molecule has 3 heterocycles.